The molecular formula is C35H44N8O5. The number of anilines is 6. The van der Waals surface area contributed by atoms with Gasteiger partial charge in [-0.1, -0.05) is 13.0 Å². The van der Waals surface area contributed by atoms with Gasteiger partial charge in [-0.05, 0) is 77.6 Å². The Bertz CT molecular complexity index is 1690. The number of nitrogens with zero attached hydrogens (tertiary/aromatic N) is 8. The zero-order chi connectivity index (χ0) is 33.8. The summed E-state index contributed by atoms with van der Waals surface area (Å²) >= 11 is 0. The Labute approximate surface area is 281 Å². The van der Waals surface area contributed by atoms with E-state index < -0.39 is 23.2 Å². The zero-order valence-corrected chi connectivity index (χ0v) is 28.5. The number of fused-ring (bicyclic) bond motifs is 3. The predicted molar refractivity (Wildman–Crippen MR) is 183 cm³/mol. The highest BCUT2D eigenvalue weighted by atomic mass is 16.6. The molecule has 2 amide bonds. The fourth-order valence-electron chi connectivity index (χ4n) is 7.04. The number of hydrogen-bond acceptors (Lipinski definition) is 11. The first-order chi connectivity index (χ1) is 22.9. The van der Waals surface area contributed by atoms with Crippen LogP contribution in [0.25, 0.3) is 0 Å². The quantitative estimate of drug-likeness (QED) is 0.359. The summed E-state index contributed by atoms with van der Waals surface area (Å²) in [6.45, 7) is 14.9. The lowest BCUT2D eigenvalue weighted by atomic mass is 9.77. The molecule has 0 spiro atoms. The van der Waals surface area contributed by atoms with E-state index in [1.54, 1.807) is 11.1 Å². The molecule has 2 aromatic heterocycles. The molecule has 0 unspecified atom stereocenters. The largest absolute Gasteiger partial charge is 0.447 e. The maximum Gasteiger partial charge on any atom is 0.421 e. The van der Waals surface area contributed by atoms with E-state index in [1.807, 2.05) is 70.2 Å². The van der Waals surface area contributed by atoms with E-state index >= 15 is 0 Å². The number of carbonyl (C=O) groups excluding carboxylic acids is 2. The highest BCUT2D eigenvalue weighted by Crippen LogP contribution is 2.51. The van der Waals surface area contributed by atoms with Gasteiger partial charge in [-0.2, -0.15) is 4.98 Å². The van der Waals surface area contributed by atoms with E-state index in [0.717, 1.165) is 43.9 Å². The van der Waals surface area contributed by atoms with E-state index in [4.69, 9.17) is 29.2 Å². The normalized spacial score (nSPS) is 24.3. The zero-order valence-electron chi connectivity index (χ0n) is 28.5. The number of likely N-dealkylation sites (N-methyl/N-ethyl adjacent to an activating group) is 1. The van der Waals surface area contributed by atoms with Crippen LogP contribution in [0.1, 0.15) is 46.6 Å². The second-order valence-corrected chi connectivity index (χ2v) is 14.3. The summed E-state index contributed by atoms with van der Waals surface area (Å²) in [5.41, 5.74) is 1.43. The average molecular weight is 657 g/mol. The van der Waals surface area contributed by atoms with Crippen molar-refractivity contribution >= 4 is 47.0 Å². The van der Waals surface area contributed by atoms with E-state index in [9.17, 15) is 9.59 Å². The molecule has 13 nitrogen and oxygen atoms in total. The second kappa shape index (κ2) is 12.2. The molecule has 0 saturated carbocycles. The third kappa shape index (κ3) is 5.79. The summed E-state index contributed by atoms with van der Waals surface area (Å²) in [5.74, 6) is 1.98. The number of aromatic nitrogens is 3. The fraction of sp³-hybridized carbons (Fsp3) is 0.514. The van der Waals surface area contributed by atoms with Crippen LogP contribution in [0.15, 0.2) is 48.7 Å². The van der Waals surface area contributed by atoms with Crippen LogP contribution in [0.4, 0.5) is 44.4 Å². The van der Waals surface area contributed by atoms with Crippen molar-refractivity contribution in [2.45, 2.75) is 64.1 Å². The van der Waals surface area contributed by atoms with Gasteiger partial charge in [0.1, 0.15) is 29.7 Å². The minimum atomic E-state index is -0.740. The third-order valence-corrected chi connectivity index (χ3v) is 9.64. The summed E-state index contributed by atoms with van der Waals surface area (Å²) in [4.78, 5) is 51.2. The fourth-order valence-corrected chi connectivity index (χ4v) is 7.04. The smallest absolute Gasteiger partial charge is 0.421 e. The molecule has 0 bridgehead atoms. The molecule has 3 saturated heterocycles. The lowest BCUT2D eigenvalue weighted by Gasteiger charge is -2.39. The molecule has 4 aliphatic heterocycles. The predicted octanol–water partition coefficient (Wildman–Crippen LogP) is 5.24. The van der Waals surface area contributed by atoms with Crippen molar-refractivity contribution in [3.63, 3.8) is 0 Å². The Morgan fingerprint density at radius 3 is 2.40 bits per heavy atom. The molecule has 13 heteroatoms. The van der Waals surface area contributed by atoms with Crippen molar-refractivity contribution in [2.24, 2.45) is 0 Å². The Balaban J connectivity index is 1.30. The van der Waals surface area contributed by atoms with Crippen LogP contribution in [0.5, 0.6) is 0 Å². The third-order valence-electron chi connectivity index (χ3n) is 9.64. The van der Waals surface area contributed by atoms with Gasteiger partial charge in [0, 0.05) is 55.6 Å². The highest BCUT2D eigenvalue weighted by molar-refractivity contribution is 5.95. The van der Waals surface area contributed by atoms with Crippen LogP contribution in [-0.2, 0) is 19.6 Å². The molecule has 0 N–H and O–H groups in total. The first-order valence-electron chi connectivity index (χ1n) is 16.7. The number of piperazine rings is 1. The molecule has 6 heterocycles. The Morgan fingerprint density at radius 1 is 1.02 bits per heavy atom. The number of amides is 2. The van der Waals surface area contributed by atoms with Crippen LogP contribution in [0.2, 0.25) is 0 Å². The van der Waals surface area contributed by atoms with Crippen LogP contribution >= 0.6 is 0 Å². The molecule has 0 aliphatic carbocycles. The molecule has 3 aromatic rings. The standard InChI is InChI=1S/C35H44N8O5/c1-23-21-47-32(44)41(23)28-8-7-9-29(37-28)43-27-14-19-46-22-35(27,5)26-20-36-31(38-30(26)43)42(33(45)48-34(2,3)4)25-12-10-24(11-13-25)40-17-15-39(6)16-18-40/h7-13,20,23,27H,14-19,21-22H2,1-6H3/t23-,27+,35+/m0/s1. The van der Waals surface area contributed by atoms with Gasteiger partial charge >= 0.3 is 12.2 Å². The number of cyclic esters (lactones) is 1. The summed E-state index contributed by atoms with van der Waals surface area (Å²) in [5, 5.41) is 0. The lowest BCUT2D eigenvalue weighted by molar-refractivity contribution is 0.0341. The van der Waals surface area contributed by atoms with E-state index in [0.29, 0.717) is 43.0 Å². The molecule has 4 aliphatic rings. The highest BCUT2D eigenvalue weighted by Gasteiger charge is 2.52. The van der Waals surface area contributed by atoms with E-state index in [-0.39, 0.29) is 18.0 Å². The number of ether oxygens (including phenoxy) is 3. The second-order valence-electron chi connectivity index (χ2n) is 14.3. The van der Waals surface area contributed by atoms with Gasteiger partial charge in [0.05, 0.1) is 24.4 Å². The Morgan fingerprint density at radius 2 is 1.73 bits per heavy atom. The van der Waals surface area contributed by atoms with Crippen molar-refractivity contribution in [2.75, 3.05) is 72.6 Å². The molecule has 3 fully saturated rings. The van der Waals surface area contributed by atoms with Crippen LogP contribution in [0, 0.1) is 0 Å². The maximum absolute atomic E-state index is 13.9. The van der Waals surface area contributed by atoms with Gasteiger partial charge in [0.2, 0.25) is 5.95 Å². The minimum Gasteiger partial charge on any atom is -0.447 e. The number of hydrogen-bond donors (Lipinski definition) is 0. The van der Waals surface area contributed by atoms with Gasteiger partial charge in [0.15, 0.2) is 0 Å². The first kappa shape index (κ1) is 32.1. The van der Waals surface area contributed by atoms with Gasteiger partial charge in [-0.3, -0.25) is 4.90 Å². The SMILES string of the molecule is C[C@H]1COC(=O)N1c1cccc(N2c3nc(N(C(=O)OC(C)(C)C)c4ccc(N5CCN(C)CC5)cc4)ncc3[C@@]3(C)COCC[C@@H]23)n1. The molecule has 254 valence electrons. The van der Waals surface area contributed by atoms with Gasteiger partial charge in [-0.25, -0.2) is 24.5 Å². The lowest BCUT2D eigenvalue weighted by Crippen LogP contribution is -2.48. The minimum absolute atomic E-state index is 0.0330. The maximum atomic E-state index is 13.9. The number of carbonyl (C=O) groups is 2. The van der Waals surface area contributed by atoms with Crippen molar-refractivity contribution in [1.82, 2.24) is 19.9 Å². The van der Waals surface area contributed by atoms with E-state index in [1.165, 1.54) is 4.90 Å². The van der Waals surface area contributed by atoms with Gasteiger partial charge in [0.25, 0.3) is 0 Å². The Kier molecular flexibility index (Phi) is 8.15. The number of pyridine rings is 1. The van der Waals surface area contributed by atoms with Crippen LogP contribution in [0.3, 0.4) is 0 Å². The summed E-state index contributed by atoms with van der Waals surface area (Å²) < 4.78 is 17.2. The summed E-state index contributed by atoms with van der Waals surface area (Å²) in [6, 6.07) is 13.4. The monoisotopic (exact) mass is 656 g/mol. The number of rotatable bonds is 5. The van der Waals surface area contributed by atoms with Crippen molar-refractivity contribution in [3.8, 4) is 0 Å². The molecule has 0 radical (unpaired) electrons. The summed E-state index contributed by atoms with van der Waals surface area (Å²) in [7, 11) is 2.13. The summed E-state index contributed by atoms with van der Waals surface area (Å²) in [6.07, 6.45) is 1.55. The number of benzene rings is 1. The van der Waals surface area contributed by atoms with Gasteiger partial charge < -0.3 is 28.9 Å². The van der Waals surface area contributed by atoms with E-state index in [2.05, 4.69) is 28.7 Å². The molecule has 48 heavy (non-hydrogen) atoms. The first-order valence-corrected chi connectivity index (χ1v) is 16.7. The van der Waals surface area contributed by atoms with Crippen LogP contribution in [-0.4, -0.2) is 103 Å². The molecular weight excluding hydrogens is 612 g/mol. The van der Waals surface area contributed by atoms with Crippen molar-refractivity contribution in [1.29, 1.82) is 0 Å². The van der Waals surface area contributed by atoms with Crippen molar-refractivity contribution in [3.05, 3.63) is 54.2 Å². The molecule has 3 atom stereocenters. The van der Waals surface area contributed by atoms with Crippen molar-refractivity contribution < 1.29 is 23.8 Å². The Hall–Kier alpha value is -4.49. The van der Waals surface area contributed by atoms with Gasteiger partial charge in [-0.15, -0.1) is 0 Å². The molecule has 7 rings (SSSR count). The average Bonchev–Trinajstić information content (AvgIpc) is 3.53. The molecule has 1 aromatic carbocycles. The topological polar surface area (TPSA) is 117 Å². The van der Waals surface area contributed by atoms with Crippen LogP contribution < -0.4 is 19.6 Å².